The Labute approximate surface area is 101 Å². The maximum Gasteiger partial charge on any atom is 0.410 e. The van der Waals surface area contributed by atoms with Crippen LogP contribution in [0.5, 0.6) is 0 Å². The van der Waals surface area contributed by atoms with E-state index in [0.29, 0.717) is 13.2 Å². The van der Waals surface area contributed by atoms with Crippen LogP contribution in [0.15, 0.2) is 0 Å². The maximum absolute atomic E-state index is 11.7. The SMILES string of the molecule is CC(C)(C)OC(=O)N1CCC1COCC(N)=O. The minimum absolute atomic E-state index is 0.0100. The normalized spacial score (nSPS) is 19.7. The van der Waals surface area contributed by atoms with Gasteiger partial charge >= 0.3 is 6.09 Å². The lowest BCUT2D eigenvalue weighted by molar-refractivity contribution is -0.123. The summed E-state index contributed by atoms with van der Waals surface area (Å²) in [5.41, 5.74) is 4.45. The van der Waals surface area contributed by atoms with Gasteiger partial charge in [0.05, 0.1) is 12.6 Å². The van der Waals surface area contributed by atoms with Gasteiger partial charge in [-0.2, -0.15) is 0 Å². The number of hydrogen-bond donors (Lipinski definition) is 1. The first-order valence-electron chi connectivity index (χ1n) is 5.65. The Morgan fingerprint density at radius 1 is 1.41 bits per heavy atom. The lowest BCUT2D eigenvalue weighted by atomic mass is 10.1. The van der Waals surface area contributed by atoms with Crippen LogP contribution in [0.4, 0.5) is 4.79 Å². The van der Waals surface area contributed by atoms with E-state index in [0.717, 1.165) is 6.42 Å². The smallest absolute Gasteiger partial charge is 0.410 e. The third kappa shape index (κ3) is 4.60. The fraction of sp³-hybridized carbons (Fsp3) is 0.818. The van der Waals surface area contributed by atoms with E-state index in [1.54, 1.807) is 4.90 Å². The van der Waals surface area contributed by atoms with Crippen LogP contribution in [-0.4, -0.2) is 48.3 Å². The highest BCUT2D eigenvalue weighted by Gasteiger charge is 2.35. The van der Waals surface area contributed by atoms with Crippen molar-refractivity contribution in [3.05, 3.63) is 0 Å². The van der Waals surface area contributed by atoms with Crippen molar-refractivity contribution in [2.24, 2.45) is 5.73 Å². The van der Waals surface area contributed by atoms with E-state index >= 15 is 0 Å². The molecule has 1 unspecified atom stereocenters. The molecular weight excluding hydrogens is 224 g/mol. The third-order valence-corrected chi connectivity index (χ3v) is 2.33. The Morgan fingerprint density at radius 2 is 2.06 bits per heavy atom. The highest BCUT2D eigenvalue weighted by Crippen LogP contribution is 2.21. The highest BCUT2D eigenvalue weighted by molar-refractivity contribution is 5.75. The number of hydrogen-bond acceptors (Lipinski definition) is 4. The van der Waals surface area contributed by atoms with Crippen molar-refractivity contribution in [1.29, 1.82) is 0 Å². The van der Waals surface area contributed by atoms with Crippen molar-refractivity contribution in [2.75, 3.05) is 19.8 Å². The number of primary amides is 1. The zero-order valence-electron chi connectivity index (χ0n) is 10.6. The summed E-state index contributed by atoms with van der Waals surface area (Å²) in [4.78, 5) is 23.8. The lowest BCUT2D eigenvalue weighted by Crippen LogP contribution is -2.54. The Bertz CT molecular complexity index is 298. The second-order valence-electron chi connectivity index (χ2n) is 5.10. The lowest BCUT2D eigenvalue weighted by Gasteiger charge is -2.41. The molecule has 0 aromatic rings. The zero-order chi connectivity index (χ0) is 13.1. The van der Waals surface area contributed by atoms with Crippen molar-refractivity contribution in [1.82, 2.24) is 4.90 Å². The molecule has 0 aliphatic carbocycles. The van der Waals surface area contributed by atoms with Crippen molar-refractivity contribution >= 4 is 12.0 Å². The third-order valence-electron chi connectivity index (χ3n) is 2.33. The number of carbonyl (C=O) groups excluding carboxylic acids is 2. The predicted molar refractivity (Wildman–Crippen MR) is 61.4 cm³/mol. The summed E-state index contributed by atoms with van der Waals surface area (Å²) in [6.45, 7) is 6.34. The van der Waals surface area contributed by atoms with Gasteiger partial charge in [-0.3, -0.25) is 4.79 Å². The first kappa shape index (κ1) is 13.8. The second-order valence-corrected chi connectivity index (χ2v) is 5.10. The van der Waals surface area contributed by atoms with Gasteiger partial charge in [-0.1, -0.05) is 0 Å². The van der Waals surface area contributed by atoms with Crippen LogP contribution in [0.1, 0.15) is 27.2 Å². The van der Waals surface area contributed by atoms with Gasteiger partial charge < -0.3 is 20.1 Å². The van der Waals surface area contributed by atoms with E-state index in [-0.39, 0.29) is 18.7 Å². The molecular formula is C11H20N2O4. The van der Waals surface area contributed by atoms with E-state index in [1.807, 2.05) is 20.8 Å². The Hall–Kier alpha value is -1.30. The van der Waals surface area contributed by atoms with Gasteiger partial charge in [-0.15, -0.1) is 0 Å². The molecule has 17 heavy (non-hydrogen) atoms. The molecule has 1 heterocycles. The minimum atomic E-state index is -0.506. The molecule has 0 bridgehead atoms. The summed E-state index contributed by atoms with van der Waals surface area (Å²) in [6.07, 6.45) is 0.522. The average molecular weight is 244 g/mol. The van der Waals surface area contributed by atoms with Crippen molar-refractivity contribution in [2.45, 2.75) is 38.8 Å². The molecule has 2 amide bonds. The molecule has 2 N–H and O–H groups in total. The Morgan fingerprint density at radius 3 is 2.47 bits per heavy atom. The van der Waals surface area contributed by atoms with Crippen LogP contribution in [-0.2, 0) is 14.3 Å². The van der Waals surface area contributed by atoms with Crippen LogP contribution in [0.2, 0.25) is 0 Å². The number of nitrogens with zero attached hydrogens (tertiary/aromatic N) is 1. The summed E-state index contributed by atoms with van der Waals surface area (Å²) in [6, 6.07) is -0.0100. The van der Waals surface area contributed by atoms with E-state index in [4.69, 9.17) is 15.2 Å². The fourth-order valence-electron chi connectivity index (χ4n) is 1.47. The summed E-state index contributed by atoms with van der Waals surface area (Å²) < 4.78 is 10.3. The van der Waals surface area contributed by atoms with Crippen LogP contribution in [0.25, 0.3) is 0 Å². The molecule has 98 valence electrons. The standard InChI is InChI=1S/C11H20N2O4/c1-11(2,3)17-10(15)13-5-4-8(13)6-16-7-9(12)14/h8H,4-7H2,1-3H3,(H2,12,14). The van der Waals surface area contributed by atoms with Gasteiger partial charge in [0.25, 0.3) is 0 Å². The van der Waals surface area contributed by atoms with Crippen molar-refractivity contribution in [3.63, 3.8) is 0 Å². The topological polar surface area (TPSA) is 81.9 Å². The van der Waals surface area contributed by atoms with Gasteiger partial charge in [0.2, 0.25) is 5.91 Å². The average Bonchev–Trinajstić information content (AvgIpc) is 2.06. The molecule has 0 radical (unpaired) electrons. The highest BCUT2D eigenvalue weighted by atomic mass is 16.6. The van der Waals surface area contributed by atoms with E-state index in [2.05, 4.69) is 0 Å². The maximum atomic E-state index is 11.7. The summed E-state index contributed by atoms with van der Waals surface area (Å²) in [5, 5.41) is 0. The number of amides is 2. The first-order valence-corrected chi connectivity index (χ1v) is 5.65. The number of nitrogens with two attached hydrogens (primary N) is 1. The van der Waals surface area contributed by atoms with E-state index in [9.17, 15) is 9.59 Å². The van der Waals surface area contributed by atoms with Gasteiger partial charge in [0.1, 0.15) is 12.2 Å². The predicted octanol–water partition coefficient (Wildman–Crippen LogP) is 0.498. The number of rotatable bonds is 4. The number of carbonyl (C=O) groups is 2. The van der Waals surface area contributed by atoms with Crippen molar-refractivity contribution in [3.8, 4) is 0 Å². The second kappa shape index (κ2) is 5.35. The van der Waals surface area contributed by atoms with E-state index < -0.39 is 11.5 Å². The molecule has 1 aliphatic heterocycles. The molecule has 6 heteroatoms. The van der Waals surface area contributed by atoms with Crippen LogP contribution < -0.4 is 5.73 Å². The van der Waals surface area contributed by atoms with E-state index in [1.165, 1.54) is 0 Å². The van der Waals surface area contributed by atoms with Gasteiger partial charge in [-0.25, -0.2) is 4.79 Å². The number of ether oxygens (including phenoxy) is 2. The molecule has 0 spiro atoms. The Balaban J connectivity index is 2.30. The zero-order valence-corrected chi connectivity index (χ0v) is 10.6. The molecule has 1 fully saturated rings. The fourth-order valence-corrected chi connectivity index (χ4v) is 1.47. The summed E-state index contributed by atoms with van der Waals surface area (Å²) >= 11 is 0. The minimum Gasteiger partial charge on any atom is -0.444 e. The molecule has 1 rings (SSSR count). The molecule has 0 saturated carbocycles. The quantitative estimate of drug-likeness (QED) is 0.780. The first-order chi connectivity index (χ1) is 7.79. The molecule has 1 saturated heterocycles. The van der Waals surface area contributed by atoms with Gasteiger partial charge in [0, 0.05) is 6.54 Å². The Kier molecular flexibility index (Phi) is 4.34. The monoisotopic (exact) mass is 244 g/mol. The van der Waals surface area contributed by atoms with Crippen LogP contribution in [0.3, 0.4) is 0 Å². The van der Waals surface area contributed by atoms with Crippen LogP contribution >= 0.6 is 0 Å². The summed E-state index contributed by atoms with van der Waals surface area (Å²) in [5.74, 6) is -0.506. The summed E-state index contributed by atoms with van der Waals surface area (Å²) in [7, 11) is 0. The van der Waals surface area contributed by atoms with Crippen molar-refractivity contribution < 1.29 is 19.1 Å². The van der Waals surface area contributed by atoms with Crippen LogP contribution in [0, 0.1) is 0 Å². The molecule has 0 aromatic heterocycles. The molecule has 1 aliphatic rings. The van der Waals surface area contributed by atoms with Gasteiger partial charge in [0.15, 0.2) is 0 Å². The molecule has 1 atom stereocenters. The largest absolute Gasteiger partial charge is 0.444 e. The molecule has 0 aromatic carbocycles. The number of likely N-dealkylation sites (tertiary alicyclic amines) is 1. The van der Waals surface area contributed by atoms with Gasteiger partial charge in [-0.05, 0) is 27.2 Å². The molecule has 6 nitrogen and oxygen atoms in total.